The smallest absolute Gasteiger partial charge is 0.341 e. The fourth-order valence-corrected chi connectivity index (χ4v) is 0.989. The van der Waals surface area contributed by atoms with Gasteiger partial charge in [0.15, 0.2) is 0 Å². The summed E-state index contributed by atoms with van der Waals surface area (Å²) in [5.74, 6) is -0.726. The van der Waals surface area contributed by atoms with Gasteiger partial charge in [0.2, 0.25) is 0 Å². The maximum absolute atomic E-state index is 10.7. The Balaban J connectivity index is 2.87. The molecule has 0 aliphatic rings. The minimum absolute atomic E-state index is 0.105. The van der Waals surface area contributed by atoms with Crippen LogP contribution in [-0.2, 0) is 11.3 Å². The molecule has 0 saturated carbocycles. The van der Waals surface area contributed by atoms with Crippen LogP contribution in [0.4, 0.5) is 0 Å². The zero-order valence-corrected chi connectivity index (χ0v) is 7.53. The normalized spacial score (nSPS) is 10.3. The number of rotatable bonds is 4. The SMILES string of the molecule is CCOCc1noc(C)c1C(=O)O. The van der Waals surface area contributed by atoms with E-state index in [0.29, 0.717) is 18.1 Å². The van der Waals surface area contributed by atoms with Crippen LogP contribution in [0.3, 0.4) is 0 Å². The molecule has 13 heavy (non-hydrogen) atoms. The zero-order valence-electron chi connectivity index (χ0n) is 7.53. The molecular formula is C8H11NO4. The molecule has 0 spiro atoms. The van der Waals surface area contributed by atoms with E-state index in [1.165, 1.54) is 0 Å². The molecule has 0 aliphatic carbocycles. The standard InChI is InChI=1S/C8H11NO4/c1-3-12-4-6-7(8(10)11)5(2)13-9-6/h3-4H2,1-2H3,(H,10,11). The van der Waals surface area contributed by atoms with E-state index >= 15 is 0 Å². The lowest BCUT2D eigenvalue weighted by atomic mass is 10.2. The lowest BCUT2D eigenvalue weighted by molar-refractivity contribution is 0.0687. The van der Waals surface area contributed by atoms with E-state index in [-0.39, 0.29) is 12.2 Å². The highest BCUT2D eigenvalue weighted by atomic mass is 16.5. The summed E-state index contributed by atoms with van der Waals surface area (Å²) in [6.07, 6.45) is 0. The fourth-order valence-electron chi connectivity index (χ4n) is 0.989. The molecule has 1 N–H and O–H groups in total. The summed E-state index contributed by atoms with van der Waals surface area (Å²) in [4.78, 5) is 10.7. The van der Waals surface area contributed by atoms with Gasteiger partial charge in [0.05, 0.1) is 6.61 Å². The predicted octanol–water partition coefficient (Wildman–Crippen LogP) is 1.22. The number of aryl methyl sites for hydroxylation is 1. The minimum Gasteiger partial charge on any atom is -0.477 e. The Hall–Kier alpha value is -1.36. The highest BCUT2D eigenvalue weighted by molar-refractivity contribution is 5.89. The van der Waals surface area contributed by atoms with Crippen molar-refractivity contribution in [2.45, 2.75) is 20.5 Å². The van der Waals surface area contributed by atoms with Crippen molar-refractivity contribution in [1.29, 1.82) is 0 Å². The molecule has 0 aliphatic heterocycles. The number of ether oxygens (including phenoxy) is 1. The second-order valence-electron chi connectivity index (χ2n) is 2.50. The topological polar surface area (TPSA) is 72.6 Å². The van der Waals surface area contributed by atoms with Crippen molar-refractivity contribution in [3.05, 3.63) is 17.0 Å². The number of hydrogen-bond donors (Lipinski definition) is 1. The van der Waals surface area contributed by atoms with Gasteiger partial charge in [-0.25, -0.2) is 4.79 Å². The molecule has 0 saturated heterocycles. The van der Waals surface area contributed by atoms with Gasteiger partial charge >= 0.3 is 5.97 Å². The lowest BCUT2D eigenvalue weighted by Crippen LogP contribution is -2.03. The molecule has 0 atom stereocenters. The fraction of sp³-hybridized carbons (Fsp3) is 0.500. The van der Waals surface area contributed by atoms with Gasteiger partial charge in [-0.2, -0.15) is 0 Å². The number of carbonyl (C=O) groups is 1. The van der Waals surface area contributed by atoms with Crippen LogP contribution in [0.5, 0.6) is 0 Å². The van der Waals surface area contributed by atoms with E-state index in [2.05, 4.69) is 5.16 Å². The molecule has 1 aromatic heterocycles. The molecule has 0 amide bonds. The van der Waals surface area contributed by atoms with E-state index in [0.717, 1.165) is 0 Å². The number of aromatic nitrogens is 1. The van der Waals surface area contributed by atoms with Crippen molar-refractivity contribution < 1.29 is 19.2 Å². The zero-order chi connectivity index (χ0) is 9.84. The molecule has 0 aromatic carbocycles. The largest absolute Gasteiger partial charge is 0.477 e. The van der Waals surface area contributed by atoms with E-state index in [9.17, 15) is 4.79 Å². The molecular weight excluding hydrogens is 174 g/mol. The van der Waals surface area contributed by atoms with Crippen molar-refractivity contribution in [1.82, 2.24) is 5.16 Å². The van der Waals surface area contributed by atoms with Crippen molar-refractivity contribution in [3.8, 4) is 0 Å². The molecule has 1 rings (SSSR count). The first-order valence-electron chi connectivity index (χ1n) is 3.93. The third-order valence-electron chi connectivity index (χ3n) is 1.59. The molecule has 72 valence electrons. The molecule has 0 fully saturated rings. The summed E-state index contributed by atoms with van der Waals surface area (Å²) in [6.45, 7) is 4.08. The monoisotopic (exact) mass is 185 g/mol. The van der Waals surface area contributed by atoms with Crippen LogP contribution in [0.1, 0.15) is 28.7 Å². The molecule has 5 nitrogen and oxygen atoms in total. The average Bonchev–Trinajstić information content (AvgIpc) is 2.43. The number of hydrogen-bond acceptors (Lipinski definition) is 4. The van der Waals surface area contributed by atoms with Gasteiger partial charge in [0.25, 0.3) is 0 Å². The molecule has 0 bridgehead atoms. The summed E-state index contributed by atoms with van der Waals surface area (Å²) >= 11 is 0. The first-order chi connectivity index (χ1) is 6.16. The van der Waals surface area contributed by atoms with Crippen molar-refractivity contribution >= 4 is 5.97 Å². The average molecular weight is 185 g/mol. The number of nitrogens with zero attached hydrogens (tertiary/aromatic N) is 1. The van der Waals surface area contributed by atoms with E-state index in [4.69, 9.17) is 14.4 Å². The van der Waals surface area contributed by atoms with Crippen LogP contribution in [-0.4, -0.2) is 22.8 Å². The number of carboxylic acids is 1. The van der Waals surface area contributed by atoms with Gasteiger partial charge in [-0.1, -0.05) is 5.16 Å². The van der Waals surface area contributed by atoms with Crippen molar-refractivity contribution in [2.75, 3.05) is 6.61 Å². The number of carboxylic acid groups (broad SMARTS) is 1. The summed E-state index contributed by atoms with van der Waals surface area (Å²) in [5, 5.41) is 12.4. The minimum atomic E-state index is -1.03. The van der Waals surface area contributed by atoms with Gasteiger partial charge < -0.3 is 14.4 Å². The summed E-state index contributed by atoms with van der Waals surface area (Å²) in [5.41, 5.74) is 0.445. The van der Waals surface area contributed by atoms with Crippen LogP contribution in [0.25, 0.3) is 0 Å². The van der Waals surface area contributed by atoms with Gasteiger partial charge in [-0.15, -0.1) is 0 Å². The van der Waals surface area contributed by atoms with Crippen LogP contribution >= 0.6 is 0 Å². The molecule has 5 heteroatoms. The van der Waals surface area contributed by atoms with Crippen LogP contribution in [0, 0.1) is 6.92 Å². The second-order valence-corrected chi connectivity index (χ2v) is 2.50. The second kappa shape index (κ2) is 4.04. The Labute approximate surface area is 75.3 Å². The predicted molar refractivity (Wildman–Crippen MR) is 43.5 cm³/mol. The van der Waals surface area contributed by atoms with Crippen LogP contribution in [0.15, 0.2) is 4.52 Å². The molecule has 1 heterocycles. The summed E-state index contributed by atoms with van der Waals surface area (Å²) in [7, 11) is 0. The Morgan fingerprint density at radius 1 is 1.69 bits per heavy atom. The van der Waals surface area contributed by atoms with E-state index in [1.807, 2.05) is 6.92 Å². The maximum atomic E-state index is 10.7. The third kappa shape index (κ3) is 2.06. The lowest BCUT2D eigenvalue weighted by Gasteiger charge is -1.97. The van der Waals surface area contributed by atoms with Gasteiger partial charge in [-0.05, 0) is 13.8 Å². The van der Waals surface area contributed by atoms with E-state index < -0.39 is 5.97 Å². The van der Waals surface area contributed by atoms with Gasteiger partial charge in [0, 0.05) is 6.61 Å². The highest BCUT2D eigenvalue weighted by Gasteiger charge is 2.18. The molecule has 0 unspecified atom stereocenters. The Morgan fingerprint density at radius 3 is 2.92 bits per heavy atom. The van der Waals surface area contributed by atoms with Crippen LogP contribution in [0.2, 0.25) is 0 Å². The Bertz CT molecular complexity index is 305. The first-order valence-corrected chi connectivity index (χ1v) is 3.93. The van der Waals surface area contributed by atoms with Crippen molar-refractivity contribution in [2.24, 2.45) is 0 Å². The third-order valence-corrected chi connectivity index (χ3v) is 1.59. The van der Waals surface area contributed by atoms with Gasteiger partial charge in [-0.3, -0.25) is 0 Å². The molecule has 1 aromatic rings. The molecule has 0 radical (unpaired) electrons. The summed E-state index contributed by atoms with van der Waals surface area (Å²) < 4.78 is 9.78. The number of aromatic carboxylic acids is 1. The van der Waals surface area contributed by atoms with Crippen LogP contribution < -0.4 is 0 Å². The Kier molecular flexibility index (Phi) is 3.02. The quantitative estimate of drug-likeness (QED) is 0.763. The van der Waals surface area contributed by atoms with Crippen molar-refractivity contribution in [3.63, 3.8) is 0 Å². The Morgan fingerprint density at radius 2 is 2.38 bits per heavy atom. The highest BCUT2D eigenvalue weighted by Crippen LogP contribution is 2.13. The first kappa shape index (κ1) is 9.73. The van der Waals surface area contributed by atoms with E-state index in [1.54, 1.807) is 6.92 Å². The summed E-state index contributed by atoms with van der Waals surface area (Å²) in [6, 6.07) is 0. The maximum Gasteiger partial charge on any atom is 0.341 e. The van der Waals surface area contributed by atoms with Gasteiger partial charge in [0.1, 0.15) is 17.0 Å².